The third-order valence-electron chi connectivity index (χ3n) is 7.21. The number of imidazole rings is 1. The number of nitrogens with zero attached hydrogens (tertiary/aromatic N) is 3. The highest BCUT2D eigenvalue weighted by atomic mass is 16.4. The first-order valence-corrected chi connectivity index (χ1v) is 12.6. The molecule has 40 heavy (non-hydrogen) atoms. The summed E-state index contributed by atoms with van der Waals surface area (Å²) in [6, 6.07) is 9.58. The van der Waals surface area contributed by atoms with Crippen LogP contribution in [0.4, 0.5) is 0 Å². The molecule has 3 aromatic heterocycles. The Bertz CT molecular complexity index is 1920. The van der Waals surface area contributed by atoms with Crippen LogP contribution in [0.5, 0.6) is 0 Å². The molecular weight excluding hydrogens is 516 g/mol. The number of aromatic carboxylic acids is 1. The highest BCUT2D eigenvalue weighted by Crippen LogP contribution is 2.34. The van der Waals surface area contributed by atoms with E-state index >= 15 is 0 Å². The molecule has 4 N–H and O–H groups in total. The van der Waals surface area contributed by atoms with Crippen LogP contribution in [0.2, 0.25) is 0 Å². The van der Waals surface area contributed by atoms with Gasteiger partial charge in [-0.25, -0.2) is 24.0 Å². The van der Waals surface area contributed by atoms with Crippen molar-refractivity contribution >= 4 is 34.5 Å². The van der Waals surface area contributed by atoms with E-state index in [9.17, 15) is 24.3 Å². The van der Waals surface area contributed by atoms with Crippen molar-refractivity contribution in [3.63, 3.8) is 0 Å². The predicted octanol–water partition coefficient (Wildman–Crippen LogP) is 2.83. The topological polar surface area (TPSA) is 172 Å². The number of oxazole rings is 1. The number of carboxylic acids is 1. The van der Waals surface area contributed by atoms with E-state index in [1.165, 1.54) is 12.3 Å². The number of aromatic amines is 1. The van der Waals surface area contributed by atoms with E-state index in [4.69, 9.17) is 4.42 Å². The average Bonchev–Trinajstić information content (AvgIpc) is 3.62. The number of amides is 2. The summed E-state index contributed by atoms with van der Waals surface area (Å²) in [5.41, 5.74) is 4.25. The maximum absolute atomic E-state index is 13.3. The van der Waals surface area contributed by atoms with Crippen LogP contribution >= 0.6 is 0 Å². The molecule has 1 atom stereocenters. The van der Waals surface area contributed by atoms with Gasteiger partial charge in [-0.15, -0.1) is 0 Å². The molecule has 6 rings (SSSR count). The van der Waals surface area contributed by atoms with Crippen molar-refractivity contribution in [1.29, 1.82) is 0 Å². The molecule has 0 saturated carbocycles. The standard InChI is InChI=1S/C28H24N6O6/c1-13-16-6-7-19(18(16)5-4-17(13)27(37)38)33-25(35)21-10-22(34-24(32-21)12-30-28(34)39)26(36)29-11-15-3-8-23-20(9-15)31-14(2)40-23/h3-5,8-10,12,19H,6-7,11H2,1-2H3,(H,29,36)(H,30,39)(H,33,35)(H,37,38)/t19-/m0/s1. The van der Waals surface area contributed by atoms with Crippen LogP contribution in [0, 0.1) is 13.8 Å². The number of nitrogens with one attached hydrogen (secondary N) is 3. The first-order chi connectivity index (χ1) is 19.2. The van der Waals surface area contributed by atoms with Gasteiger partial charge in [-0.1, -0.05) is 12.1 Å². The average molecular weight is 541 g/mol. The molecule has 0 spiro atoms. The number of benzene rings is 2. The van der Waals surface area contributed by atoms with Crippen LogP contribution in [-0.2, 0) is 13.0 Å². The Morgan fingerprint density at radius 1 is 1.12 bits per heavy atom. The molecule has 12 nitrogen and oxygen atoms in total. The number of H-pyrrole nitrogens is 1. The fourth-order valence-corrected chi connectivity index (χ4v) is 5.27. The van der Waals surface area contributed by atoms with Crippen molar-refractivity contribution in [2.45, 2.75) is 39.3 Å². The molecule has 2 aromatic carbocycles. The SMILES string of the molecule is Cc1nc2cc(CNC(=O)c3cc(C(=O)N[C@H]4CCc5c4ccc(C(=O)O)c5C)nc4c[nH]c(=O)n34)ccc2o1. The lowest BCUT2D eigenvalue weighted by molar-refractivity contribution is 0.0695. The number of fused-ring (bicyclic) bond motifs is 3. The molecule has 0 saturated heterocycles. The van der Waals surface area contributed by atoms with E-state index in [2.05, 4.69) is 25.6 Å². The lowest BCUT2D eigenvalue weighted by Gasteiger charge is -2.16. The second kappa shape index (κ2) is 9.49. The van der Waals surface area contributed by atoms with Crippen molar-refractivity contribution in [2.75, 3.05) is 0 Å². The summed E-state index contributed by atoms with van der Waals surface area (Å²) in [5, 5.41) is 15.2. The second-order valence-electron chi connectivity index (χ2n) is 9.71. The van der Waals surface area contributed by atoms with E-state index < -0.39 is 23.5 Å². The smallest absolute Gasteiger partial charge is 0.335 e. The minimum Gasteiger partial charge on any atom is -0.478 e. The van der Waals surface area contributed by atoms with Gasteiger partial charge < -0.3 is 25.1 Å². The molecule has 3 heterocycles. The number of aryl methyl sites for hydroxylation is 1. The van der Waals surface area contributed by atoms with Crippen LogP contribution in [0.3, 0.4) is 0 Å². The quantitative estimate of drug-likeness (QED) is 0.255. The second-order valence-corrected chi connectivity index (χ2v) is 9.71. The number of rotatable bonds is 6. The van der Waals surface area contributed by atoms with Gasteiger partial charge in [0.25, 0.3) is 11.8 Å². The largest absolute Gasteiger partial charge is 0.478 e. The van der Waals surface area contributed by atoms with E-state index in [0.29, 0.717) is 35.4 Å². The molecule has 0 bridgehead atoms. The lowest BCUT2D eigenvalue weighted by atomic mass is 9.98. The third kappa shape index (κ3) is 4.28. The van der Waals surface area contributed by atoms with Gasteiger partial charge >= 0.3 is 11.7 Å². The number of carbonyl (C=O) groups is 3. The summed E-state index contributed by atoms with van der Waals surface area (Å²) in [4.78, 5) is 61.6. The maximum Gasteiger partial charge on any atom is 0.335 e. The Labute approximate surface area is 226 Å². The summed E-state index contributed by atoms with van der Waals surface area (Å²) < 4.78 is 6.59. The summed E-state index contributed by atoms with van der Waals surface area (Å²) in [6.07, 6.45) is 2.55. The summed E-state index contributed by atoms with van der Waals surface area (Å²) in [6.45, 7) is 3.67. The predicted molar refractivity (Wildman–Crippen MR) is 142 cm³/mol. The Hall–Kier alpha value is -5.26. The molecule has 202 valence electrons. The summed E-state index contributed by atoms with van der Waals surface area (Å²) in [5.74, 6) is -1.54. The molecule has 5 aromatic rings. The maximum atomic E-state index is 13.3. The number of carboxylic acid groups (broad SMARTS) is 1. The van der Waals surface area contributed by atoms with Crippen LogP contribution in [0.15, 0.2) is 51.8 Å². The number of hydrogen-bond donors (Lipinski definition) is 4. The molecule has 1 aliphatic carbocycles. The van der Waals surface area contributed by atoms with Crippen molar-refractivity contribution < 1.29 is 23.9 Å². The molecule has 0 unspecified atom stereocenters. The van der Waals surface area contributed by atoms with Crippen molar-refractivity contribution in [3.05, 3.63) is 98.2 Å². The zero-order valence-electron chi connectivity index (χ0n) is 21.6. The molecule has 1 aliphatic rings. The number of hydrogen-bond acceptors (Lipinski definition) is 7. The molecule has 0 radical (unpaired) electrons. The van der Waals surface area contributed by atoms with Gasteiger partial charge in [-0.2, -0.15) is 0 Å². The first-order valence-electron chi connectivity index (χ1n) is 12.6. The van der Waals surface area contributed by atoms with E-state index in [-0.39, 0.29) is 35.2 Å². The van der Waals surface area contributed by atoms with Crippen LogP contribution in [-0.4, -0.2) is 42.2 Å². The molecule has 12 heteroatoms. The molecular formula is C28H24N6O6. The Morgan fingerprint density at radius 2 is 1.95 bits per heavy atom. The van der Waals surface area contributed by atoms with Gasteiger partial charge in [0.05, 0.1) is 11.6 Å². The molecule has 2 amide bonds. The highest BCUT2D eigenvalue weighted by Gasteiger charge is 2.28. The van der Waals surface area contributed by atoms with Crippen LogP contribution < -0.4 is 16.3 Å². The summed E-state index contributed by atoms with van der Waals surface area (Å²) in [7, 11) is 0. The van der Waals surface area contributed by atoms with Gasteiger partial charge in [0.1, 0.15) is 16.9 Å². The van der Waals surface area contributed by atoms with Gasteiger partial charge in [-0.05, 0) is 66.3 Å². The normalized spacial score (nSPS) is 14.4. The van der Waals surface area contributed by atoms with Gasteiger partial charge in [0.15, 0.2) is 17.1 Å². The monoisotopic (exact) mass is 540 g/mol. The Morgan fingerprint density at radius 3 is 2.75 bits per heavy atom. The van der Waals surface area contributed by atoms with Crippen molar-refractivity contribution in [1.82, 2.24) is 30.0 Å². The molecule has 0 fully saturated rings. The molecule has 0 aliphatic heterocycles. The number of aromatic nitrogens is 4. The number of carbonyl (C=O) groups excluding carboxylic acids is 2. The van der Waals surface area contributed by atoms with Crippen LogP contribution in [0.25, 0.3) is 16.7 Å². The van der Waals surface area contributed by atoms with E-state index in [0.717, 1.165) is 21.1 Å². The Balaban J connectivity index is 1.25. The Kier molecular flexibility index (Phi) is 5.94. The van der Waals surface area contributed by atoms with Gasteiger partial charge in [0.2, 0.25) is 0 Å². The van der Waals surface area contributed by atoms with E-state index in [1.807, 2.05) is 0 Å². The van der Waals surface area contributed by atoms with E-state index in [1.54, 1.807) is 44.2 Å². The third-order valence-corrected chi connectivity index (χ3v) is 7.21. The van der Waals surface area contributed by atoms with Crippen molar-refractivity contribution in [2.24, 2.45) is 0 Å². The van der Waals surface area contributed by atoms with Gasteiger partial charge in [-0.3, -0.25) is 9.59 Å². The van der Waals surface area contributed by atoms with Crippen LogP contribution in [0.1, 0.15) is 71.9 Å². The fraction of sp³-hybridized carbons (Fsp3) is 0.214. The highest BCUT2D eigenvalue weighted by molar-refractivity contribution is 5.98. The van der Waals surface area contributed by atoms with Gasteiger partial charge in [0, 0.05) is 19.7 Å². The minimum atomic E-state index is -0.994. The zero-order valence-corrected chi connectivity index (χ0v) is 21.6. The minimum absolute atomic E-state index is 0.0315. The first kappa shape index (κ1) is 25.0. The zero-order chi connectivity index (χ0) is 28.1. The van der Waals surface area contributed by atoms with Crippen molar-refractivity contribution in [3.8, 4) is 0 Å². The summed E-state index contributed by atoms with van der Waals surface area (Å²) >= 11 is 0. The lowest BCUT2D eigenvalue weighted by Crippen LogP contribution is -2.31. The fourth-order valence-electron chi connectivity index (χ4n) is 5.27.